The third kappa shape index (κ3) is 2.15. The van der Waals surface area contributed by atoms with Gasteiger partial charge in [0, 0.05) is 41.8 Å². The van der Waals surface area contributed by atoms with E-state index in [1.807, 2.05) is 31.8 Å². The highest BCUT2D eigenvalue weighted by atomic mass is 32.1. The van der Waals surface area contributed by atoms with Crippen LogP contribution in [0.1, 0.15) is 28.0 Å². The van der Waals surface area contributed by atoms with Crippen LogP contribution in [0.5, 0.6) is 0 Å². The van der Waals surface area contributed by atoms with E-state index >= 15 is 0 Å². The standard InChI is InChI=1S/C11H16N4S/c1-7-6-16-11(14-7)4-10(12)9-5-13-15(3)8(9)2/h5-6,10H,4,12H2,1-3H3. The molecule has 0 fully saturated rings. The summed E-state index contributed by atoms with van der Waals surface area (Å²) < 4.78 is 1.85. The minimum Gasteiger partial charge on any atom is -0.323 e. The fourth-order valence-electron chi connectivity index (χ4n) is 1.67. The summed E-state index contributed by atoms with van der Waals surface area (Å²) >= 11 is 1.67. The molecule has 4 nitrogen and oxygen atoms in total. The van der Waals surface area contributed by atoms with Crippen molar-refractivity contribution >= 4 is 11.3 Å². The molecule has 0 saturated heterocycles. The largest absolute Gasteiger partial charge is 0.323 e. The number of thiazole rings is 1. The number of hydrogen-bond donors (Lipinski definition) is 1. The van der Waals surface area contributed by atoms with Crippen LogP contribution in [-0.2, 0) is 13.5 Å². The number of aryl methyl sites for hydroxylation is 2. The van der Waals surface area contributed by atoms with E-state index in [1.54, 1.807) is 11.3 Å². The number of aromatic nitrogens is 3. The van der Waals surface area contributed by atoms with E-state index in [2.05, 4.69) is 15.5 Å². The van der Waals surface area contributed by atoms with E-state index in [9.17, 15) is 0 Å². The molecule has 1 atom stereocenters. The molecule has 2 aromatic rings. The fourth-order valence-corrected chi connectivity index (χ4v) is 2.51. The molecule has 2 rings (SSSR count). The van der Waals surface area contributed by atoms with E-state index in [0.717, 1.165) is 28.4 Å². The lowest BCUT2D eigenvalue weighted by Crippen LogP contribution is -2.14. The van der Waals surface area contributed by atoms with Crippen molar-refractivity contribution in [1.82, 2.24) is 14.8 Å². The van der Waals surface area contributed by atoms with Crippen molar-refractivity contribution in [2.24, 2.45) is 12.8 Å². The summed E-state index contributed by atoms with van der Waals surface area (Å²) in [5.74, 6) is 0. The Morgan fingerprint density at radius 1 is 1.50 bits per heavy atom. The molecular weight excluding hydrogens is 220 g/mol. The van der Waals surface area contributed by atoms with Gasteiger partial charge in [0.1, 0.15) is 0 Å². The van der Waals surface area contributed by atoms with Crippen molar-refractivity contribution < 1.29 is 0 Å². The molecular formula is C11H16N4S. The second-order valence-electron chi connectivity index (χ2n) is 4.00. The van der Waals surface area contributed by atoms with Crippen LogP contribution in [0, 0.1) is 13.8 Å². The van der Waals surface area contributed by atoms with Crippen LogP contribution in [0.15, 0.2) is 11.6 Å². The van der Waals surface area contributed by atoms with Crippen LogP contribution in [0.2, 0.25) is 0 Å². The molecule has 0 radical (unpaired) electrons. The summed E-state index contributed by atoms with van der Waals surface area (Å²) in [5, 5.41) is 7.35. The normalized spacial score (nSPS) is 13.0. The topological polar surface area (TPSA) is 56.7 Å². The Morgan fingerprint density at radius 3 is 2.75 bits per heavy atom. The zero-order valence-electron chi connectivity index (χ0n) is 9.77. The maximum absolute atomic E-state index is 6.16. The molecule has 0 amide bonds. The van der Waals surface area contributed by atoms with Crippen LogP contribution in [0.25, 0.3) is 0 Å². The minimum absolute atomic E-state index is 0.0146. The molecule has 16 heavy (non-hydrogen) atoms. The first kappa shape index (κ1) is 11.3. The second kappa shape index (κ2) is 4.35. The molecule has 86 valence electrons. The molecule has 0 spiro atoms. The van der Waals surface area contributed by atoms with Crippen molar-refractivity contribution in [2.45, 2.75) is 26.3 Å². The number of nitrogens with zero attached hydrogens (tertiary/aromatic N) is 3. The summed E-state index contributed by atoms with van der Waals surface area (Å²) in [6.45, 7) is 4.04. The molecule has 0 aliphatic rings. The van der Waals surface area contributed by atoms with Crippen LogP contribution in [0.3, 0.4) is 0 Å². The summed E-state index contributed by atoms with van der Waals surface area (Å²) in [7, 11) is 1.93. The highest BCUT2D eigenvalue weighted by Crippen LogP contribution is 2.20. The van der Waals surface area contributed by atoms with Crippen molar-refractivity contribution in [3.05, 3.63) is 33.5 Å². The maximum atomic E-state index is 6.16. The lowest BCUT2D eigenvalue weighted by Gasteiger charge is -2.09. The van der Waals surface area contributed by atoms with Gasteiger partial charge in [-0.1, -0.05) is 0 Å². The van der Waals surface area contributed by atoms with Gasteiger partial charge in [-0.3, -0.25) is 4.68 Å². The van der Waals surface area contributed by atoms with E-state index in [0.29, 0.717) is 0 Å². The maximum Gasteiger partial charge on any atom is 0.0947 e. The monoisotopic (exact) mass is 236 g/mol. The number of rotatable bonds is 3. The number of nitrogens with two attached hydrogens (primary N) is 1. The van der Waals surface area contributed by atoms with Gasteiger partial charge in [-0.25, -0.2) is 4.98 Å². The summed E-state index contributed by atoms with van der Waals surface area (Å²) in [4.78, 5) is 4.42. The zero-order chi connectivity index (χ0) is 11.7. The van der Waals surface area contributed by atoms with Crippen molar-refractivity contribution in [2.75, 3.05) is 0 Å². The molecule has 2 heterocycles. The Morgan fingerprint density at radius 2 is 2.25 bits per heavy atom. The van der Waals surface area contributed by atoms with Gasteiger partial charge >= 0.3 is 0 Å². The summed E-state index contributed by atoms with van der Waals surface area (Å²) in [5.41, 5.74) is 9.46. The Balaban J connectivity index is 2.14. The molecule has 5 heteroatoms. The summed E-state index contributed by atoms with van der Waals surface area (Å²) in [6, 6.07) is -0.0146. The van der Waals surface area contributed by atoms with Gasteiger partial charge in [0.2, 0.25) is 0 Å². The zero-order valence-corrected chi connectivity index (χ0v) is 10.6. The van der Waals surface area contributed by atoms with Gasteiger partial charge in [-0.2, -0.15) is 5.10 Å². The first-order valence-electron chi connectivity index (χ1n) is 5.23. The van der Waals surface area contributed by atoms with E-state index < -0.39 is 0 Å². The van der Waals surface area contributed by atoms with E-state index in [4.69, 9.17) is 5.73 Å². The molecule has 0 aliphatic heterocycles. The van der Waals surface area contributed by atoms with E-state index in [1.165, 1.54) is 0 Å². The predicted octanol–water partition coefficient (Wildman–Crippen LogP) is 1.74. The third-order valence-corrected chi connectivity index (χ3v) is 3.72. The Kier molecular flexibility index (Phi) is 3.07. The quantitative estimate of drug-likeness (QED) is 0.883. The Labute approximate surface area is 99.1 Å². The summed E-state index contributed by atoms with van der Waals surface area (Å²) in [6.07, 6.45) is 2.63. The van der Waals surface area contributed by atoms with Crippen molar-refractivity contribution in [1.29, 1.82) is 0 Å². The molecule has 2 N–H and O–H groups in total. The van der Waals surface area contributed by atoms with Gasteiger partial charge < -0.3 is 5.73 Å². The van der Waals surface area contributed by atoms with Crippen molar-refractivity contribution in [3.8, 4) is 0 Å². The lowest BCUT2D eigenvalue weighted by molar-refractivity contribution is 0.697. The SMILES string of the molecule is Cc1csc(CC(N)c2cnn(C)c2C)n1. The van der Waals surface area contributed by atoms with Gasteiger partial charge in [0.15, 0.2) is 0 Å². The first-order valence-corrected chi connectivity index (χ1v) is 6.11. The van der Waals surface area contributed by atoms with Crippen LogP contribution in [0.4, 0.5) is 0 Å². The van der Waals surface area contributed by atoms with Crippen LogP contribution < -0.4 is 5.73 Å². The average molecular weight is 236 g/mol. The van der Waals surface area contributed by atoms with Crippen LogP contribution >= 0.6 is 11.3 Å². The smallest absolute Gasteiger partial charge is 0.0947 e. The highest BCUT2D eigenvalue weighted by molar-refractivity contribution is 7.09. The van der Waals surface area contributed by atoms with Gasteiger partial charge in [-0.15, -0.1) is 11.3 Å². The highest BCUT2D eigenvalue weighted by Gasteiger charge is 2.14. The lowest BCUT2D eigenvalue weighted by atomic mass is 10.1. The fraction of sp³-hybridized carbons (Fsp3) is 0.455. The molecule has 0 saturated carbocycles. The van der Waals surface area contributed by atoms with Gasteiger partial charge in [-0.05, 0) is 13.8 Å². The molecule has 2 aromatic heterocycles. The Hall–Kier alpha value is -1.20. The number of hydrogen-bond acceptors (Lipinski definition) is 4. The third-order valence-electron chi connectivity index (χ3n) is 2.73. The Bertz CT molecular complexity index is 486. The molecule has 0 aromatic carbocycles. The first-order chi connectivity index (χ1) is 7.58. The van der Waals surface area contributed by atoms with Gasteiger partial charge in [0.05, 0.1) is 11.2 Å². The minimum atomic E-state index is -0.0146. The van der Waals surface area contributed by atoms with Crippen molar-refractivity contribution in [3.63, 3.8) is 0 Å². The average Bonchev–Trinajstić information content (AvgIpc) is 2.76. The molecule has 1 unspecified atom stereocenters. The van der Waals surface area contributed by atoms with Crippen LogP contribution in [-0.4, -0.2) is 14.8 Å². The van der Waals surface area contributed by atoms with Gasteiger partial charge in [0.25, 0.3) is 0 Å². The van der Waals surface area contributed by atoms with E-state index in [-0.39, 0.29) is 6.04 Å². The molecule has 0 aliphatic carbocycles. The predicted molar refractivity (Wildman–Crippen MR) is 65.4 cm³/mol. The second-order valence-corrected chi connectivity index (χ2v) is 4.94. The molecule has 0 bridgehead atoms.